The largest absolute Gasteiger partial charge is 0.356 e. The highest BCUT2D eigenvalue weighted by molar-refractivity contribution is 9.10. The first kappa shape index (κ1) is 15.7. The van der Waals surface area contributed by atoms with E-state index >= 15 is 0 Å². The van der Waals surface area contributed by atoms with Crippen LogP contribution >= 0.6 is 15.9 Å². The van der Waals surface area contributed by atoms with E-state index in [0.717, 1.165) is 35.3 Å². The normalized spacial score (nSPS) is 17.9. The minimum Gasteiger partial charge on any atom is -0.356 e. The highest BCUT2D eigenvalue weighted by Gasteiger charge is 2.29. The maximum Gasteiger partial charge on any atom is 0.134 e. The molecule has 0 radical (unpaired) electrons. The Labute approximate surface area is 131 Å². The Kier molecular flexibility index (Phi) is 4.73. The maximum atomic E-state index is 4.73. The second-order valence-electron chi connectivity index (χ2n) is 7.19. The van der Waals surface area contributed by atoms with E-state index in [-0.39, 0.29) is 0 Å². The van der Waals surface area contributed by atoms with Gasteiger partial charge in [0.2, 0.25) is 0 Å². The topological polar surface area (TPSA) is 29.0 Å². The lowest BCUT2D eigenvalue weighted by molar-refractivity contribution is 0.198. The first-order chi connectivity index (χ1) is 9.27. The van der Waals surface area contributed by atoms with Crippen molar-refractivity contribution in [3.8, 4) is 0 Å². The monoisotopic (exact) mass is 339 g/mol. The van der Waals surface area contributed by atoms with Crippen LogP contribution in [0.4, 0.5) is 5.82 Å². The van der Waals surface area contributed by atoms with Gasteiger partial charge in [-0.3, -0.25) is 0 Å². The molecule has 3 nitrogen and oxygen atoms in total. The van der Waals surface area contributed by atoms with Crippen molar-refractivity contribution in [3.63, 3.8) is 0 Å². The van der Waals surface area contributed by atoms with Crippen molar-refractivity contribution in [1.29, 1.82) is 0 Å². The molecule has 20 heavy (non-hydrogen) atoms. The predicted molar refractivity (Wildman–Crippen MR) is 88.2 cm³/mol. The molecule has 4 heteroatoms. The van der Waals surface area contributed by atoms with Crippen LogP contribution in [0, 0.1) is 11.3 Å². The average molecular weight is 340 g/mol. The van der Waals surface area contributed by atoms with Gasteiger partial charge in [-0.25, -0.2) is 9.97 Å². The van der Waals surface area contributed by atoms with Gasteiger partial charge in [-0.2, -0.15) is 0 Å². The minimum absolute atomic E-state index is 0.360. The van der Waals surface area contributed by atoms with Crippen LogP contribution in [0.1, 0.15) is 59.2 Å². The molecule has 2 heterocycles. The van der Waals surface area contributed by atoms with Crippen molar-refractivity contribution in [3.05, 3.63) is 16.5 Å². The Bertz CT molecular complexity index is 457. The first-order valence-electron chi connectivity index (χ1n) is 7.57. The lowest BCUT2D eigenvalue weighted by Gasteiger charge is -2.39. The van der Waals surface area contributed by atoms with Crippen LogP contribution in [0.25, 0.3) is 0 Å². The summed E-state index contributed by atoms with van der Waals surface area (Å²) in [5.74, 6) is 3.17. The summed E-state index contributed by atoms with van der Waals surface area (Å²) in [5, 5.41) is 0. The number of hydrogen-bond acceptors (Lipinski definition) is 3. The van der Waals surface area contributed by atoms with Gasteiger partial charge < -0.3 is 4.90 Å². The summed E-state index contributed by atoms with van der Waals surface area (Å²) in [7, 11) is 0. The summed E-state index contributed by atoms with van der Waals surface area (Å²) in [6.07, 6.45) is 2.50. The van der Waals surface area contributed by atoms with Gasteiger partial charge in [0.1, 0.15) is 16.2 Å². The zero-order valence-electron chi connectivity index (χ0n) is 13.3. The fourth-order valence-corrected chi connectivity index (χ4v) is 3.20. The average Bonchev–Trinajstić information content (AvgIpc) is 2.37. The van der Waals surface area contributed by atoms with Crippen molar-refractivity contribution in [2.75, 3.05) is 18.0 Å². The fourth-order valence-electron chi connectivity index (χ4n) is 2.82. The quantitative estimate of drug-likeness (QED) is 0.736. The lowest BCUT2D eigenvalue weighted by atomic mass is 9.75. The number of piperidine rings is 1. The van der Waals surface area contributed by atoms with E-state index in [4.69, 9.17) is 4.98 Å². The predicted octanol–water partition coefficient (Wildman–Crippen LogP) is 4.63. The van der Waals surface area contributed by atoms with Gasteiger partial charge in [-0.15, -0.1) is 0 Å². The maximum absolute atomic E-state index is 4.73. The fraction of sp³-hybridized carbons (Fsp3) is 0.750. The van der Waals surface area contributed by atoms with Crippen LogP contribution in [0.5, 0.6) is 0 Å². The van der Waals surface area contributed by atoms with Gasteiger partial charge in [0.05, 0.1) is 0 Å². The van der Waals surface area contributed by atoms with Crippen molar-refractivity contribution in [1.82, 2.24) is 9.97 Å². The summed E-state index contributed by atoms with van der Waals surface area (Å²) >= 11 is 3.51. The smallest absolute Gasteiger partial charge is 0.134 e. The van der Waals surface area contributed by atoms with Crippen molar-refractivity contribution in [2.45, 2.75) is 53.4 Å². The number of halogens is 1. The highest BCUT2D eigenvalue weighted by atomic mass is 79.9. The van der Waals surface area contributed by atoms with Crippen LogP contribution in [0.15, 0.2) is 10.7 Å². The summed E-state index contributed by atoms with van der Waals surface area (Å²) in [5.41, 5.74) is 0.418. The first-order valence-corrected chi connectivity index (χ1v) is 8.36. The molecule has 2 rings (SSSR count). The van der Waals surface area contributed by atoms with E-state index in [0.29, 0.717) is 11.3 Å². The van der Waals surface area contributed by atoms with Gasteiger partial charge in [0.25, 0.3) is 0 Å². The molecule has 0 aliphatic carbocycles. The molecule has 112 valence electrons. The third-order valence-corrected chi connectivity index (χ3v) is 4.66. The third kappa shape index (κ3) is 3.72. The lowest BCUT2D eigenvalue weighted by Crippen LogP contribution is -2.38. The molecule has 1 saturated heterocycles. The molecular formula is C16H26BrN3. The Hall–Kier alpha value is -0.640. The number of aromatic nitrogens is 2. The molecule has 1 aromatic heterocycles. The van der Waals surface area contributed by atoms with E-state index < -0.39 is 0 Å². The van der Waals surface area contributed by atoms with Crippen LogP contribution in [-0.4, -0.2) is 23.1 Å². The molecule has 0 saturated carbocycles. The van der Waals surface area contributed by atoms with E-state index in [1.165, 1.54) is 12.8 Å². The van der Waals surface area contributed by atoms with Gasteiger partial charge in [-0.1, -0.05) is 34.6 Å². The summed E-state index contributed by atoms with van der Waals surface area (Å²) in [6, 6.07) is 2.04. The zero-order chi connectivity index (χ0) is 14.9. The second kappa shape index (κ2) is 6.00. The molecule has 0 bridgehead atoms. The Morgan fingerprint density at radius 3 is 2.30 bits per heavy atom. The SMILES string of the molecule is CC(C)c1nc(Br)cc(N2CCC(C(C)(C)C)CC2)n1. The van der Waals surface area contributed by atoms with Crippen molar-refractivity contribution < 1.29 is 0 Å². The number of rotatable bonds is 2. The van der Waals surface area contributed by atoms with Crippen LogP contribution in [0.3, 0.4) is 0 Å². The van der Waals surface area contributed by atoms with Crippen LogP contribution in [-0.2, 0) is 0 Å². The standard InChI is InChI=1S/C16H26BrN3/c1-11(2)15-18-13(17)10-14(19-15)20-8-6-12(7-9-20)16(3,4)5/h10-12H,6-9H2,1-5H3. The number of nitrogens with zero attached hydrogens (tertiary/aromatic N) is 3. The van der Waals surface area contributed by atoms with Gasteiger partial charge >= 0.3 is 0 Å². The number of hydrogen-bond donors (Lipinski definition) is 0. The van der Waals surface area contributed by atoms with E-state index in [9.17, 15) is 0 Å². The molecule has 0 unspecified atom stereocenters. The van der Waals surface area contributed by atoms with Crippen molar-refractivity contribution >= 4 is 21.7 Å². The summed E-state index contributed by atoms with van der Waals surface area (Å²) in [4.78, 5) is 11.6. The molecule has 0 aromatic carbocycles. The van der Waals surface area contributed by atoms with Crippen LogP contribution in [0.2, 0.25) is 0 Å². The van der Waals surface area contributed by atoms with E-state index in [1.807, 2.05) is 6.07 Å². The van der Waals surface area contributed by atoms with E-state index in [2.05, 4.69) is 60.4 Å². The molecule has 1 aliphatic heterocycles. The molecule has 0 amide bonds. The molecule has 1 aliphatic rings. The van der Waals surface area contributed by atoms with Gasteiger partial charge in [0.15, 0.2) is 0 Å². The molecule has 1 aromatic rings. The van der Waals surface area contributed by atoms with Gasteiger partial charge in [0, 0.05) is 25.1 Å². The van der Waals surface area contributed by atoms with E-state index in [1.54, 1.807) is 0 Å². The molecule has 0 N–H and O–H groups in total. The summed E-state index contributed by atoms with van der Waals surface area (Å²) < 4.78 is 0.893. The third-order valence-electron chi connectivity index (χ3n) is 4.26. The summed E-state index contributed by atoms with van der Waals surface area (Å²) in [6.45, 7) is 13.5. The Morgan fingerprint density at radius 1 is 1.20 bits per heavy atom. The Balaban J connectivity index is 2.11. The molecule has 1 fully saturated rings. The Morgan fingerprint density at radius 2 is 1.80 bits per heavy atom. The molecule has 0 spiro atoms. The number of anilines is 1. The van der Waals surface area contributed by atoms with Crippen LogP contribution < -0.4 is 4.90 Å². The minimum atomic E-state index is 0.360. The molecule has 0 atom stereocenters. The molecular weight excluding hydrogens is 314 g/mol. The second-order valence-corrected chi connectivity index (χ2v) is 8.00. The van der Waals surface area contributed by atoms with Crippen molar-refractivity contribution in [2.24, 2.45) is 11.3 Å². The highest BCUT2D eigenvalue weighted by Crippen LogP contribution is 2.35. The van der Waals surface area contributed by atoms with Gasteiger partial charge in [-0.05, 0) is 40.1 Å². The zero-order valence-corrected chi connectivity index (χ0v) is 14.9.